The van der Waals surface area contributed by atoms with E-state index < -0.39 is 11.9 Å². The first-order valence-electron chi connectivity index (χ1n) is 4.38. The summed E-state index contributed by atoms with van der Waals surface area (Å²) in [5.74, 6) is 0.0391. The lowest BCUT2D eigenvalue weighted by Crippen LogP contribution is -2.08. The van der Waals surface area contributed by atoms with Crippen LogP contribution in [-0.4, -0.2) is 15.0 Å². The molecule has 0 unspecified atom stereocenters. The first-order chi connectivity index (χ1) is 7.57. The minimum absolute atomic E-state index is 0.0391. The molecule has 82 valence electrons. The molecule has 0 amide bonds. The van der Waals surface area contributed by atoms with Crippen LogP contribution < -0.4 is 0 Å². The van der Waals surface area contributed by atoms with Gasteiger partial charge in [-0.15, -0.1) is 0 Å². The van der Waals surface area contributed by atoms with Crippen molar-refractivity contribution in [3.63, 3.8) is 0 Å². The highest BCUT2D eigenvalue weighted by Crippen LogP contribution is 2.28. The molecule has 3 nitrogen and oxygen atoms in total. The number of pyridine rings is 1. The van der Waals surface area contributed by atoms with Gasteiger partial charge in [0.2, 0.25) is 0 Å². The fourth-order valence-electron chi connectivity index (χ4n) is 1.16. The SMILES string of the molecule is FC(F)(F)c1ccnc(-c2ccncc2)n1. The fraction of sp³-hybridized carbons (Fsp3) is 0.100. The molecule has 2 aromatic heterocycles. The van der Waals surface area contributed by atoms with E-state index in [1.165, 1.54) is 12.4 Å². The third-order valence-corrected chi connectivity index (χ3v) is 1.88. The molecule has 0 saturated carbocycles. The number of halogens is 3. The van der Waals surface area contributed by atoms with Gasteiger partial charge in [-0.05, 0) is 18.2 Å². The third kappa shape index (κ3) is 2.16. The maximum Gasteiger partial charge on any atom is 0.433 e. The van der Waals surface area contributed by atoms with Gasteiger partial charge in [0.25, 0.3) is 0 Å². The minimum Gasteiger partial charge on any atom is -0.265 e. The number of nitrogens with zero attached hydrogens (tertiary/aromatic N) is 3. The van der Waals surface area contributed by atoms with Gasteiger partial charge < -0.3 is 0 Å². The maximum atomic E-state index is 12.4. The van der Waals surface area contributed by atoms with Crippen molar-refractivity contribution in [2.24, 2.45) is 0 Å². The Bertz CT molecular complexity index is 482. The van der Waals surface area contributed by atoms with Gasteiger partial charge in [-0.1, -0.05) is 0 Å². The van der Waals surface area contributed by atoms with E-state index in [-0.39, 0.29) is 5.82 Å². The van der Waals surface area contributed by atoms with Crippen LogP contribution in [0, 0.1) is 0 Å². The zero-order chi connectivity index (χ0) is 11.6. The molecule has 0 atom stereocenters. The molecule has 2 heterocycles. The minimum atomic E-state index is -4.45. The van der Waals surface area contributed by atoms with E-state index in [1.807, 2.05) is 0 Å². The molecule has 0 aliphatic heterocycles. The molecule has 0 N–H and O–H groups in total. The van der Waals surface area contributed by atoms with Crippen LogP contribution in [0.2, 0.25) is 0 Å². The third-order valence-electron chi connectivity index (χ3n) is 1.88. The lowest BCUT2D eigenvalue weighted by Gasteiger charge is -2.06. The summed E-state index contributed by atoms with van der Waals surface area (Å²) in [4.78, 5) is 11.0. The van der Waals surface area contributed by atoms with E-state index in [2.05, 4.69) is 15.0 Å². The first kappa shape index (κ1) is 10.5. The van der Waals surface area contributed by atoms with Gasteiger partial charge >= 0.3 is 6.18 Å². The highest BCUT2D eigenvalue weighted by molar-refractivity contribution is 5.53. The Kier molecular flexibility index (Phi) is 2.55. The summed E-state index contributed by atoms with van der Waals surface area (Å²) in [6, 6.07) is 3.94. The van der Waals surface area contributed by atoms with Crippen LogP contribution in [0.3, 0.4) is 0 Å². The number of rotatable bonds is 1. The number of hydrogen-bond acceptors (Lipinski definition) is 3. The first-order valence-corrected chi connectivity index (χ1v) is 4.38. The summed E-state index contributed by atoms with van der Waals surface area (Å²) in [6.45, 7) is 0. The second-order valence-electron chi connectivity index (χ2n) is 3.00. The molecular formula is C10H6F3N3. The van der Waals surface area contributed by atoms with Gasteiger partial charge in [0.15, 0.2) is 5.82 Å². The van der Waals surface area contributed by atoms with Crippen LogP contribution in [0.25, 0.3) is 11.4 Å². The number of hydrogen-bond donors (Lipinski definition) is 0. The predicted molar refractivity (Wildman–Crippen MR) is 50.3 cm³/mol. The summed E-state index contributed by atoms with van der Waals surface area (Å²) < 4.78 is 37.1. The van der Waals surface area contributed by atoms with Crippen LogP contribution in [0.4, 0.5) is 13.2 Å². The lowest BCUT2D eigenvalue weighted by atomic mass is 10.2. The quantitative estimate of drug-likeness (QED) is 0.748. The van der Waals surface area contributed by atoms with E-state index in [0.29, 0.717) is 5.56 Å². The molecule has 6 heteroatoms. The Morgan fingerprint density at radius 1 is 0.938 bits per heavy atom. The van der Waals surface area contributed by atoms with Gasteiger partial charge in [-0.25, -0.2) is 9.97 Å². The van der Waals surface area contributed by atoms with Crippen molar-refractivity contribution >= 4 is 0 Å². The highest BCUT2D eigenvalue weighted by atomic mass is 19.4. The van der Waals surface area contributed by atoms with Crippen LogP contribution in [0.1, 0.15) is 5.69 Å². The van der Waals surface area contributed by atoms with E-state index >= 15 is 0 Å². The van der Waals surface area contributed by atoms with Crippen molar-refractivity contribution in [2.45, 2.75) is 6.18 Å². The molecule has 0 fully saturated rings. The molecule has 0 saturated heterocycles. The normalized spacial score (nSPS) is 11.4. The van der Waals surface area contributed by atoms with E-state index in [9.17, 15) is 13.2 Å². The molecule has 0 spiro atoms. The summed E-state index contributed by atoms with van der Waals surface area (Å²) in [6.07, 6.45) is -0.422. The van der Waals surface area contributed by atoms with Crippen molar-refractivity contribution in [1.29, 1.82) is 0 Å². The highest BCUT2D eigenvalue weighted by Gasteiger charge is 2.32. The molecule has 2 rings (SSSR count). The van der Waals surface area contributed by atoms with Crippen molar-refractivity contribution in [2.75, 3.05) is 0 Å². The average molecular weight is 225 g/mol. The molecule has 0 bridgehead atoms. The molecule has 0 aliphatic rings. The van der Waals surface area contributed by atoms with E-state index in [1.54, 1.807) is 12.1 Å². The summed E-state index contributed by atoms with van der Waals surface area (Å²) in [5.41, 5.74) is -0.449. The smallest absolute Gasteiger partial charge is 0.265 e. The summed E-state index contributed by atoms with van der Waals surface area (Å²) in [7, 11) is 0. The van der Waals surface area contributed by atoms with Gasteiger partial charge in [0.05, 0.1) is 0 Å². The van der Waals surface area contributed by atoms with Crippen molar-refractivity contribution in [3.05, 3.63) is 42.5 Å². The number of aromatic nitrogens is 3. The van der Waals surface area contributed by atoms with Gasteiger partial charge in [0, 0.05) is 24.2 Å². The van der Waals surface area contributed by atoms with E-state index in [0.717, 1.165) is 12.3 Å². The molecule has 16 heavy (non-hydrogen) atoms. The van der Waals surface area contributed by atoms with Gasteiger partial charge in [0.1, 0.15) is 5.69 Å². The van der Waals surface area contributed by atoms with Crippen molar-refractivity contribution in [3.8, 4) is 11.4 Å². The maximum absolute atomic E-state index is 12.4. The standard InChI is InChI=1S/C10H6F3N3/c11-10(12,13)8-3-6-15-9(16-8)7-1-4-14-5-2-7/h1-6H. The Labute approximate surface area is 89.0 Å². The van der Waals surface area contributed by atoms with Gasteiger partial charge in [-0.2, -0.15) is 13.2 Å². The Balaban J connectivity index is 2.45. The zero-order valence-electron chi connectivity index (χ0n) is 7.94. The summed E-state index contributed by atoms with van der Waals surface area (Å²) in [5, 5.41) is 0. The lowest BCUT2D eigenvalue weighted by molar-refractivity contribution is -0.141. The monoisotopic (exact) mass is 225 g/mol. The average Bonchev–Trinajstić information content (AvgIpc) is 2.29. The second-order valence-corrected chi connectivity index (χ2v) is 3.00. The van der Waals surface area contributed by atoms with Gasteiger partial charge in [-0.3, -0.25) is 4.98 Å². The van der Waals surface area contributed by atoms with Crippen LogP contribution in [0.15, 0.2) is 36.8 Å². The molecule has 0 radical (unpaired) electrons. The Hall–Kier alpha value is -1.98. The molecule has 0 aliphatic carbocycles. The Morgan fingerprint density at radius 2 is 1.62 bits per heavy atom. The summed E-state index contributed by atoms with van der Waals surface area (Å²) >= 11 is 0. The van der Waals surface area contributed by atoms with Crippen LogP contribution in [-0.2, 0) is 6.18 Å². The molecular weight excluding hydrogens is 219 g/mol. The molecule has 2 aromatic rings. The largest absolute Gasteiger partial charge is 0.433 e. The topological polar surface area (TPSA) is 38.7 Å². The zero-order valence-corrected chi connectivity index (χ0v) is 7.94. The van der Waals surface area contributed by atoms with E-state index in [4.69, 9.17) is 0 Å². The number of alkyl halides is 3. The fourth-order valence-corrected chi connectivity index (χ4v) is 1.16. The van der Waals surface area contributed by atoms with Crippen LogP contribution in [0.5, 0.6) is 0 Å². The van der Waals surface area contributed by atoms with Crippen molar-refractivity contribution in [1.82, 2.24) is 15.0 Å². The Morgan fingerprint density at radius 3 is 2.25 bits per heavy atom. The molecule has 0 aromatic carbocycles. The van der Waals surface area contributed by atoms with Crippen LogP contribution >= 0.6 is 0 Å². The van der Waals surface area contributed by atoms with Crippen molar-refractivity contribution < 1.29 is 13.2 Å². The predicted octanol–water partition coefficient (Wildman–Crippen LogP) is 2.56. The second kappa shape index (κ2) is 3.88.